The zero-order valence-corrected chi connectivity index (χ0v) is 12.7. The van der Waals surface area contributed by atoms with Gasteiger partial charge in [0.1, 0.15) is 17.4 Å². The van der Waals surface area contributed by atoms with Gasteiger partial charge in [0.05, 0.1) is 24.1 Å². The Morgan fingerprint density at radius 3 is 2.78 bits per heavy atom. The summed E-state index contributed by atoms with van der Waals surface area (Å²) >= 11 is 0. The molecule has 0 spiro atoms. The third-order valence-corrected chi connectivity index (χ3v) is 4.05. The first-order valence-corrected chi connectivity index (χ1v) is 7.48. The molecular formula is C18H16FN3O. The molecule has 3 aromatic rings. The first-order valence-electron chi connectivity index (χ1n) is 7.48. The molecule has 1 unspecified atom stereocenters. The number of aromatic nitrogens is 2. The lowest BCUT2D eigenvalue weighted by molar-refractivity contribution is 0.196. The maximum Gasteiger partial charge on any atom is 0.157 e. The Balaban J connectivity index is 1.61. The highest BCUT2D eigenvalue weighted by Crippen LogP contribution is 2.36. The van der Waals surface area contributed by atoms with Crippen LogP contribution in [0.15, 0.2) is 54.7 Å². The van der Waals surface area contributed by atoms with Crippen molar-refractivity contribution in [1.29, 1.82) is 0 Å². The first kappa shape index (κ1) is 13.8. The molecule has 2 heterocycles. The zero-order chi connectivity index (χ0) is 15.8. The number of H-pyrrole nitrogens is 1. The number of rotatable bonds is 2. The second kappa shape index (κ2) is 5.43. The topological polar surface area (TPSA) is 41.2 Å². The number of fused-ring (bicyclic) bond motifs is 1. The number of para-hydroxylation sites is 2. The lowest BCUT2D eigenvalue weighted by Gasteiger charge is -2.33. The SMILES string of the molecule is CN1CC(c2cnc(-c3ccc(F)cc3)[nH]2)Oc2ccccc21. The Labute approximate surface area is 133 Å². The fourth-order valence-corrected chi connectivity index (χ4v) is 2.83. The van der Waals surface area contributed by atoms with E-state index in [1.807, 2.05) is 31.3 Å². The lowest BCUT2D eigenvalue weighted by Crippen LogP contribution is -2.32. The Bertz CT molecular complexity index is 828. The summed E-state index contributed by atoms with van der Waals surface area (Å²) in [6.45, 7) is 0.738. The maximum absolute atomic E-state index is 13.0. The van der Waals surface area contributed by atoms with E-state index in [2.05, 4.69) is 14.9 Å². The molecule has 23 heavy (non-hydrogen) atoms. The number of hydrogen-bond donors (Lipinski definition) is 1. The van der Waals surface area contributed by atoms with Crippen LogP contribution >= 0.6 is 0 Å². The summed E-state index contributed by atoms with van der Waals surface area (Å²) < 4.78 is 19.1. The van der Waals surface area contributed by atoms with Gasteiger partial charge in [0.25, 0.3) is 0 Å². The molecule has 0 amide bonds. The number of ether oxygens (including phenoxy) is 1. The third-order valence-electron chi connectivity index (χ3n) is 4.05. The summed E-state index contributed by atoms with van der Waals surface area (Å²) in [6, 6.07) is 14.3. The van der Waals surface area contributed by atoms with Gasteiger partial charge in [-0.25, -0.2) is 9.37 Å². The second-order valence-electron chi connectivity index (χ2n) is 5.65. The average molecular weight is 309 g/mol. The molecule has 1 aliphatic rings. The molecule has 1 N–H and O–H groups in total. The summed E-state index contributed by atoms with van der Waals surface area (Å²) in [5.41, 5.74) is 2.84. The molecule has 116 valence electrons. The van der Waals surface area contributed by atoms with Gasteiger partial charge in [-0.15, -0.1) is 0 Å². The molecule has 1 atom stereocenters. The third kappa shape index (κ3) is 2.54. The van der Waals surface area contributed by atoms with E-state index in [4.69, 9.17) is 4.74 Å². The van der Waals surface area contributed by atoms with Gasteiger partial charge in [-0.05, 0) is 36.4 Å². The van der Waals surface area contributed by atoms with Crippen LogP contribution < -0.4 is 9.64 Å². The molecule has 0 fully saturated rings. The minimum atomic E-state index is -0.255. The first-order chi connectivity index (χ1) is 11.2. The van der Waals surface area contributed by atoms with Gasteiger partial charge in [0.15, 0.2) is 6.10 Å². The van der Waals surface area contributed by atoms with Crippen molar-refractivity contribution in [3.8, 4) is 17.1 Å². The van der Waals surface area contributed by atoms with Crippen LogP contribution in [0.25, 0.3) is 11.4 Å². The van der Waals surface area contributed by atoms with Crippen molar-refractivity contribution in [2.75, 3.05) is 18.5 Å². The fourth-order valence-electron chi connectivity index (χ4n) is 2.83. The van der Waals surface area contributed by atoms with Gasteiger partial charge >= 0.3 is 0 Å². The van der Waals surface area contributed by atoms with E-state index in [-0.39, 0.29) is 11.9 Å². The normalized spacial score (nSPS) is 16.8. The predicted molar refractivity (Wildman–Crippen MR) is 87.1 cm³/mol. The maximum atomic E-state index is 13.0. The van der Waals surface area contributed by atoms with E-state index in [1.54, 1.807) is 18.3 Å². The smallest absolute Gasteiger partial charge is 0.157 e. The minimum absolute atomic E-state index is 0.114. The Kier molecular flexibility index (Phi) is 3.26. The number of anilines is 1. The summed E-state index contributed by atoms with van der Waals surface area (Å²) in [7, 11) is 2.05. The van der Waals surface area contributed by atoms with E-state index < -0.39 is 0 Å². The molecule has 1 aromatic heterocycles. The van der Waals surface area contributed by atoms with Gasteiger partial charge < -0.3 is 14.6 Å². The summed E-state index contributed by atoms with van der Waals surface area (Å²) in [5, 5.41) is 0. The number of nitrogens with zero attached hydrogens (tertiary/aromatic N) is 2. The van der Waals surface area contributed by atoms with Crippen molar-refractivity contribution in [3.63, 3.8) is 0 Å². The number of hydrogen-bond acceptors (Lipinski definition) is 3. The highest BCUT2D eigenvalue weighted by Gasteiger charge is 2.26. The Morgan fingerprint density at radius 1 is 1.17 bits per heavy atom. The molecule has 0 saturated carbocycles. The summed E-state index contributed by atoms with van der Waals surface area (Å²) in [6.07, 6.45) is 1.67. The van der Waals surface area contributed by atoms with Crippen molar-refractivity contribution in [2.24, 2.45) is 0 Å². The minimum Gasteiger partial charge on any atom is -0.480 e. The van der Waals surface area contributed by atoms with Gasteiger partial charge in [-0.1, -0.05) is 12.1 Å². The molecule has 4 rings (SSSR count). The van der Waals surface area contributed by atoms with Crippen LogP contribution in [0, 0.1) is 5.82 Å². The van der Waals surface area contributed by atoms with Gasteiger partial charge in [0.2, 0.25) is 0 Å². The number of halogens is 1. The van der Waals surface area contributed by atoms with E-state index in [0.29, 0.717) is 5.82 Å². The molecule has 5 heteroatoms. The molecule has 4 nitrogen and oxygen atoms in total. The number of likely N-dealkylation sites (N-methyl/N-ethyl adjacent to an activating group) is 1. The van der Waals surface area contributed by atoms with Crippen molar-refractivity contribution in [1.82, 2.24) is 9.97 Å². The molecule has 2 aromatic carbocycles. The monoisotopic (exact) mass is 309 g/mol. The molecule has 0 bridgehead atoms. The lowest BCUT2D eigenvalue weighted by atomic mass is 10.1. The zero-order valence-electron chi connectivity index (χ0n) is 12.7. The van der Waals surface area contributed by atoms with Crippen LogP contribution in [-0.2, 0) is 0 Å². The van der Waals surface area contributed by atoms with Crippen LogP contribution in [0.5, 0.6) is 5.75 Å². The van der Waals surface area contributed by atoms with E-state index in [1.165, 1.54) is 12.1 Å². The number of benzene rings is 2. The Morgan fingerprint density at radius 2 is 1.96 bits per heavy atom. The van der Waals surface area contributed by atoms with Gasteiger partial charge in [-0.2, -0.15) is 0 Å². The highest BCUT2D eigenvalue weighted by atomic mass is 19.1. The molecule has 0 saturated heterocycles. The van der Waals surface area contributed by atoms with Crippen LogP contribution in [0.4, 0.5) is 10.1 Å². The van der Waals surface area contributed by atoms with Crippen molar-refractivity contribution < 1.29 is 9.13 Å². The van der Waals surface area contributed by atoms with Gasteiger partial charge in [0, 0.05) is 12.6 Å². The number of nitrogens with one attached hydrogen (secondary N) is 1. The number of aromatic amines is 1. The molecule has 1 aliphatic heterocycles. The molecule has 0 radical (unpaired) electrons. The van der Waals surface area contributed by atoms with Crippen molar-refractivity contribution in [2.45, 2.75) is 6.10 Å². The highest BCUT2D eigenvalue weighted by molar-refractivity contribution is 5.60. The standard InChI is InChI=1S/C18H16FN3O/c1-22-11-17(23-16-5-3-2-4-15(16)22)14-10-20-18(21-14)12-6-8-13(19)9-7-12/h2-10,17H,11H2,1H3,(H,20,21). The molecule has 0 aliphatic carbocycles. The van der Waals surface area contributed by atoms with Crippen LogP contribution in [0.1, 0.15) is 11.8 Å². The van der Waals surface area contributed by atoms with E-state index >= 15 is 0 Å². The largest absolute Gasteiger partial charge is 0.480 e. The van der Waals surface area contributed by atoms with E-state index in [9.17, 15) is 4.39 Å². The quantitative estimate of drug-likeness (QED) is 0.783. The van der Waals surface area contributed by atoms with Crippen LogP contribution in [-0.4, -0.2) is 23.6 Å². The number of imidazole rings is 1. The van der Waals surface area contributed by atoms with E-state index in [0.717, 1.165) is 29.2 Å². The van der Waals surface area contributed by atoms with Crippen molar-refractivity contribution >= 4 is 5.69 Å². The predicted octanol–water partition coefficient (Wildman–Crippen LogP) is 3.79. The van der Waals surface area contributed by atoms with Crippen LogP contribution in [0.3, 0.4) is 0 Å². The van der Waals surface area contributed by atoms with Gasteiger partial charge in [-0.3, -0.25) is 0 Å². The Hall–Kier alpha value is -2.82. The molecular weight excluding hydrogens is 293 g/mol. The summed E-state index contributed by atoms with van der Waals surface area (Å²) in [4.78, 5) is 9.85. The summed E-state index contributed by atoms with van der Waals surface area (Å²) in [5.74, 6) is 1.32. The van der Waals surface area contributed by atoms with Crippen LogP contribution in [0.2, 0.25) is 0 Å². The second-order valence-corrected chi connectivity index (χ2v) is 5.65. The van der Waals surface area contributed by atoms with Crippen molar-refractivity contribution in [3.05, 3.63) is 66.2 Å². The average Bonchev–Trinajstić information content (AvgIpc) is 3.05. The fraction of sp³-hybridized carbons (Fsp3) is 0.167.